The lowest BCUT2D eigenvalue weighted by Crippen LogP contribution is -2.06. The number of carboxylic acids is 1. The third-order valence-corrected chi connectivity index (χ3v) is 6.29. The number of unbranched alkanes of at least 4 members (excludes halogenated alkanes) is 1. The molecule has 184 valence electrons. The minimum Gasteiger partial charge on any atom is -0.507 e. The number of benzene rings is 2. The van der Waals surface area contributed by atoms with Crippen LogP contribution in [0.2, 0.25) is 5.02 Å². The summed E-state index contributed by atoms with van der Waals surface area (Å²) in [5, 5.41) is 25.7. The van der Waals surface area contributed by atoms with Gasteiger partial charge in [0.05, 0.1) is 19.0 Å². The number of aromatic nitrogens is 2. The Morgan fingerprint density at radius 3 is 2.69 bits per heavy atom. The highest BCUT2D eigenvalue weighted by Gasteiger charge is 2.22. The second-order valence-electron chi connectivity index (χ2n) is 8.31. The first-order valence-electron chi connectivity index (χ1n) is 11.3. The van der Waals surface area contributed by atoms with Crippen molar-refractivity contribution in [3.05, 3.63) is 57.7 Å². The number of hydrogen-bond donors (Lipinski definition) is 2. The first kappa shape index (κ1) is 24.5. The van der Waals surface area contributed by atoms with Crippen LogP contribution in [0.1, 0.15) is 36.5 Å². The van der Waals surface area contributed by atoms with E-state index in [1.54, 1.807) is 41.2 Å². The highest BCUT2D eigenvalue weighted by Crippen LogP contribution is 2.40. The summed E-state index contributed by atoms with van der Waals surface area (Å²) in [4.78, 5) is 12.3. The Hall–Kier alpha value is -3.65. The molecule has 2 heterocycles. The first-order valence-corrected chi connectivity index (χ1v) is 11.7. The van der Waals surface area contributed by atoms with Crippen molar-refractivity contribution in [3.8, 4) is 34.3 Å². The van der Waals surface area contributed by atoms with E-state index >= 15 is 0 Å². The molecule has 1 aliphatic rings. The van der Waals surface area contributed by atoms with Crippen LogP contribution in [-0.2, 0) is 17.8 Å². The molecule has 0 amide bonds. The standard InChI is InChI=1S/C26H27ClN2O6/c1-4-5-6-29-25(19-11-20(27)15(2)7-21(19)30)18(13-28-29)9-17(26(31)32)8-16-10-23-24(35-14-34-23)12-22(16)33-3/h7,9-13,30H,4-6,8,14H2,1-3H3,(H,31,32). The highest BCUT2D eigenvalue weighted by atomic mass is 35.5. The van der Waals surface area contributed by atoms with E-state index in [2.05, 4.69) is 12.0 Å². The molecule has 0 aliphatic carbocycles. The molecule has 0 atom stereocenters. The zero-order valence-corrected chi connectivity index (χ0v) is 20.6. The number of carboxylic acid groups (broad SMARTS) is 1. The van der Waals surface area contributed by atoms with Crippen LogP contribution in [0.25, 0.3) is 17.3 Å². The zero-order chi connectivity index (χ0) is 25.1. The maximum absolute atomic E-state index is 12.3. The third kappa shape index (κ3) is 5.07. The summed E-state index contributed by atoms with van der Waals surface area (Å²) in [5.41, 5.74) is 3.17. The number of methoxy groups -OCH3 is 1. The molecule has 9 heteroatoms. The van der Waals surface area contributed by atoms with Gasteiger partial charge in [-0.3, -0.25) is 4.68 Å². The Balaban J connectivity index is 1.80. The summed E-state index contributed by atoms with van der Waals surface area (Å²) in [7, 11) is 1.52. The van der Waals surface area contributed by atoms with Gasteiger partial charge in [-0.2, -0.15) is 5.10 Å². The van der Waals surface area contributed by atoms with Crippen LogP contribution in [0.15, 0.2) is 36.0 Å². The number of aryl methyl sites for hydroxylation is 2. The van der Waals surface area contributed by atoms with Crippen LogP contribution in [0.4, 0.5) is 0 Å². The van der Waals surface area contributed by atoms with Crippen molar-refractivity contribution >= 4 is 23.6 Å². The minimum atomic E-state index is -1.08. The lowest BCUT2D eigenvalue weighted by molar-refractivity contribution is -0.132. The topological polar surface area (TPSA) is 103 Å². The molecule has 1 aliphatic heterocycles. The fraction of sp³-hybridized carbons (Fsp3) is 0.308. The van der Waals surface area contributed by atoms with E-state index in [9.17, 15) is 15.0 Å². The monoisotopic (exact) mass is 498 g/mol. The summed E-state index contributed by atoms with van der Waals surface area (Å²) in [5.74, 6) is 0.566. The largest absolute Gasteiger partial charge is 0.507 e. The van der Waals surface area contributed by atoms with Crippen LogP contribution >= 0.6 is 11.6 Å². The van der Waals surface area contributed by atoms with E-state index in [4.69, 9.17) is 25.8 Å². The fourth-order valence-electron chi connectivity index (χ4n) is 4.01. The molecule has 0 saturated carbocycles. The second kappa shape index (κ2) is 10.3. The van der Waals surface area contributed by atoms with Crippen LogP contribution in [-0.4, -0.2) is 39.9 Å². The van der Waals surface area contributed by atoms with Gasteiger partial charge in [0, 0.05) is 46.3 Å². The Morgan fingerprint density at radius 2 is 2.00 bits per heavy atom. The van der Waals surface area contributed by atoms with Gasteiger partial charge in [-0.25, -0.2) is 4.79 Å². The van der Waals surface area contributed by atoms with Crippen molar-refractivity contribution < 1.29 is 29.2 Å². The number of aliphatic carboxylic acids is 1. The Kier molecular flexibility index (Phi) is 7.21. The smallest absolute Gasteiger partial charge is 0.331 e. The van der Waals surface area contributed by atoms with Gasteiger partial charge in [-0.15, -0.1) is 0 Å². The number of nitrogens with zero attached hydrogens (tertiary/aromatic N) is 2. The maximum atomic E-state index is 12.3. The average Bonchev–Trinajstić information content (AvgIpc) is 3.45. The molecule has 4 rings (SSSR count). The number of ether oxygens (including phenoxy) is 3. The molecule has 0 fully saturated rings. The van der Waals surface area contributed by atoms with Crippen LogP contribution in [0, 0.1) is 6.92 Å². The first-order chi connectivity index (χ1) is 16.8. The number of rotatable bonds is 9. The van der Waals surface area contributed by atoms with E-state index in [1.165, 1.54) is 7.11 Å². The van der Waals surface area contributed by atoms with E-state index in [-0.39, 0.29) is 24.5 Å². The number of carbonyl (C=O) groups is 1. The van der Waals surface area contributed by atoms with Gasteiger partial charge in [0.15, 0.2) is 11.5 Å². The molecule has 0 radical (unpaired) electrons. The number of hydrogen-bond acceptors (Lipinski definition) is 6. The Labute approximate surface area is 208 Å². The zero-order valence-electron chi connectivity index (χ0n) is 19.8. The van der Waals surface area contributed by atoms with Crippen molar-refractivity contribution in [2.24, 2.45) is 0 Å². The molecule has 3 aromatic rings. The van der Waals surface area contributed by atoms with Gasteiger partial charge in [0.1, 0.15) is 11.5 Å². The number of phenolic OH excluding ortho intramolecular Hbond substituents is 1. The number of aromatic hydroxyl groups is 1. The van der Waals surface area contributed by atoms with E-state index < -0.39 is 5.97 Å². The Morgan fingerprint density at radius 1 is 1.26 bits per heavy atom. The Bertz CT molecular complexity index is 1300. The molecule has 0 bridgehead atoms. The highest BCUT2D eigenvalue weighted by molar-refractivity contribution is 6.31. The summed E-state index contributed by atoms with van der Waals surface area (Å²) >= 11 is 6.37. The van der Waals surface area contributed by atoms with Crippen molar-refractivity contribution in [2.45, 2.75) is 39.7 Å². The third-order valence-electron chi connectivity index (χ3n) is 5.88. The molecule has 2 N–H and O–H groups in total. The van der Waals surface area contributed by atoms with Gasteiger partial charge in [0.25, 0.3) is 0 Å². The van der Waals surface area contributed by atoms with Crippen molar-refractivity contribution in [2.75, 3.05) is 13.9 Å². The average molecular weight is 499 g/mol. The van der Waals surface area contributed by atoms with Crippen molar-refractivity contribution in [1.29, 1.82) is 0 Å². The summed E-state index contributed by atoms with van der Waals surface area (Å²) in [6.45, 7) is 4.60. The van der Waals surface area contributed by atoms with Crippen LogP contribution in [0.3, 0.4) is 0 Å². The van der Waals surface area contributed by atoms with Gasteiger partial charge in [-0.05, 0) is 43.2 Å². The second-order valence-corrected chi connectivity index (χ2v) is 8.72. The molecular weight excluding hydrogens is 472 g/mol. The molecule has 0 spiro atoms. The lowest BCUT2D eigenvalue weighted by atomic mass is 9.99. The predicted molar refractivity (Wildman–Crippen MR) is 132 cm³/mol. The molecule has 0 saturated heterocycles. The molecule has 8 nitrogen and oxygen atoms in total. The number of phenols is 1. The van der Waals surface area contributed by atoms with E-state index in [1.807, 2.05) is 6.92 Å². The van der Waals surface area contributed by atoms with E-state index in [0.29, 0.717) is 51.2 Å². The van der Waals surface area contributed by atoms with Crippen LogP contribution < -0.4 is 14.2 Å². The maximum Gasteiger partial charge on any atom is 0.331 e. The SMILES string of the molecule is CCCCn1ncc(C=C(Cc2cc3c(cc2OC)OCO3)C(=O)O)c1-c1cc(Cl)c(C)cc1O. The molecular formula is C26H27ClN2O6. The van der Waals surface area contributed by atoms with Crippen molar-refractivity contribution in [3.63, 3.8) is 0 Å². The van der Waals surface area contributed by atoms with Gasteiger partial charge in [0.2, 0.25) is 6.79 Å². The molecule has 2 aromatic carbocycles. The lowest BCUT2D eigenvalue weighted by Gasteiger charge is -2.13. The van der Waals surface area contributed by atoms with Gasteiger partial charge < -0.3 is 24.4 Å². The van der Waals surface area contributed by atoms with Crippen molar-refractivity contribution in [1.82, 2.24) is 9.78 Å². The summed E-state index contributed by atoms with van der Waals surface area (Å²) < 4.78 is 18.1. The number of fused-ring (bicyclic) bond motifs is 1. The summed E-state index contributed by atoms with van der Waals surface area (Å²) in [6.07, 6.45) is 5.09. The molecule has 35 heavy (non-hydrogen) atoms. The normalized spacial score (nSPS) is 12.7. The van der Waals surface area contributed by atoms with Gasteiger partial charge in [-0.1, -0.05) is 24.9 Å². The van der Waals surface area contributed by atoms with E-state index in [0.717, 1.165) is 18.4 Å². The van der Waals surface area contributed by atoms with Crippen LogP contribution in [0.5, 0.6) is 23.0 Å². The van der Waals surface area contributed by atoms with Gasteiger partial charge >= 0.3 is 5.97 Å². The number of halogens is 1. The quantitative estimate of drug-likeness (QED) is 0.377. The molecule has 0 unspecified atom stereocenters. The minimum absolute atomic E-state index is 0.0501. The predicted octanol–water partition coefficient (Wildman–Crippen LogP) is 5.47. The fourth-order valence-corrected chi connectivity index (χ4v) is 4.17. The summed E-state index contributed by atoms with van der Waals surface area (Å²) in [6, 6.07) is 6.70. The molecule has 1 aromatic heterocycles.